The van der Waals surface area contributed by atoms with Crippen molar-refractivity contribution in [3.8, 4) is 0 Å². The molecule has 0 amide bonds. The molecule has 2 heterocycles. The summed E-state index contributed by atoms with van der Waals surface area (Å²) >= 11 is 6.26. The van der Waals surface area contributed by atoms with E-state index in [0.29, 0.717) is 35.7 Å². The zero-order valence-corrected chi connectivity index (χ0v) is 14.9. The van der Waals surface area contributed by atoms with E-state index >= 15 is 0 Å². The van der Waals surface area contributed by atoms with Crippen LogP contribution in [0.4, 0.5) is 4.39 Å². The summed E-state index contributed by atoms with van der Waals surface area (Å²) in [7, 11) is 0. The number of aromatic amines is 1. The number of nitrogens with zero attached hydrogens (tertiary/aromatic N) is 2. The van der Waals surface area contributed by atoms with Gasteiger partial charge in [-0.15, -0.1) is 0 Å². The van der Waals surface area contributed by atoms with Crippen LogP contribution in [0, 0.1) is 12.7 Å². The van der Waals surface area contributed by atoms with Gasteiger partial charge in [0.1, 0.15) is 11.6 Å². The average molecular weight is 350 g/mol. The number of H-pyrrole nitrogens is 1. The second-order valence-corrected chi connectivity index (χ2v) is 7.03. The third-order valence-electron chi connectivity index (χ3n) is 4.47. The van der Waals surface area contributed by atoms with Gasteiger partial charge in [-0.05, 0) is 18.6 Å². The van der Waals surface area contributed by atoms with Gasteiger partial charge in [0, 0.05) is 37.5 Å². The van der Waals surface area contributed by atoms with Crippen molar-refractivity contribution in [3.05, 3.63) is 61.5 Å². The maximum absolute atomic E-state index is 14.1. The van der Waals surface area contributed by atoms with Gasteiger partial charge in [0.25, 0.3) is 5.56 Å². The standard InChI is InChI=1S/C18H21ClFN3O/c1-10(2)17-21-15-6-7-23(9-13(15)18(24)22-17)8-12-14(20)5-4-11(3)16(12)19/h4-5,10H,6-9H2,1-3H3,(H,21,22,24). The molecule has 3 rings (SSSR count). The summed E-state index contributed by atoms with van der Waals surface area (Å²) < 4.78 is 14.1. The largest absolute Gasteiger partial charge is 0.310 e. The Morgan fingerprint density at radius 3 is 2.88 bits per heavy atom. The number of hydrogen-bond donors (Lipinski definition) is 1. The lowest BCUT2D eigenvalue weighted by molar-refractivity contribution is 0.238. The van der Waals surface area contributed by atoms with Crippen LogP contribution in [0.3, 0.4) is 0 Å². The highest BCUT2D eigenvalue weighted by Gasteiger charge is 2.23. The van der Waals surface area contributed by atoms with Gasteiger partial charge in [0.05, 0.1) is 16.3 Å². The lowest BCUT2D eigenvalue weighted by Crippen LogP contribution is -2.36. The first-order chi connectivity index (χ1) is 11.4. The molecular formula is C18H21ClFN3O. The van der Waals surface area contributed by atoms with E-state index in [1.807, 2.05) is 25.7 Å². The van der Waals surface area contributed by atoms with Gasteiger partial charge >= 0.3 is 0 Å². The molecule has 1 aromatic carbocycles. The Kier molecular flexibility index (Phi) is 4.74. The predicted octanol–water partition coefficient (Wildman–Crippen LogP) is 3.55. The summed E-state index contributed by atoms with van der Waals surface area (Å²) in [6.07, 6.45) is 0.685. The monoisotopic (exact) mass is 349 g/mol. The summed E-state index contributed by atoms with van der Waals surface area (Å²) in [6, 6.07) is 3.12. The molecule has 0 aliphatic carbocycles. The minimum atomic E-state index is -0.307. The maximum Gasteiger partial charge on any atom is 0.255 e. The van der Waals surface area contributed by atoms with Crippen LogP contribution in [0.25, 0.3) is 0 Å². The molecule has 0 saturated carbocycles. The fourth-order valence-corrected chi connectivity index (χ4v) is 3.20. The fourth-order valence-electron chi connectivity index (χ4n) is 2.99. The van der Waals surface area contributed by atoms with Crippen LogP contribution in [0.5, 0.6) is 0 Å². The van der Waals surface area contributed by atoms with E-state index in [0.717, 1.165) is 23.6 Å². The lowest BCUT2D eigenvalue weighted by Gasteiger charge is -2.28. The minimum absolute atomic E-state index is 0.0933. The number of benzene rings is 1. The minimum Gasteiger partial charge on any atom is -0.310 e. The van der Waals surface area contributed by atoms with Crippen molar-refractivity contribution in [2.75, 3.05) is 6.54 Å². The van der Waals surface area contributed by atoms with Crippen molar-refractivity contribution < 1.29 is 4.39 Å². The quantitative estimate of drug-likeness (QED) is 0.921. The van der Waals surface area contributed by atoms with Gasteiger partial charge in [-0.2, -0.15) is 0 Å². The molecule has 1 aromatic heterocycles. The first-order valence-electron chi connectivity index (χ1n) is 8.14. The highest BCUT2D eigenvalue weighted by atomic mass is 35.5. The van der Waals surface area contributed by atoms with Crippen LogP contribution >= 0.6 is 11.6 Å². The third-order valence-corrected chi connectivity index (χ3v) is 5.00. The molecule has 0 fully saturated rings. The Morgan fingerprint density at radius 2 is 2.17 bits per heavy atom. The maximum atomic E-state index is 14.1. The molecule has 1 N–H and O–H groups in total. The molecule has 0 saturated heterocycles. The first-order valence-corrected chi connectivity index (χ1v) is 8.52. The van der Waals surface area contributed by atoms with Crippen LogP contribution in [-0.2, 0) is 19.5 Å². The first kappa shape index (κ1) is 17.1. The summed E-state index contributed by atoms with van der Waals surface area (Å²) in [5.74, 6) is 0.597. The molecule has 0 radical (unpaired) electrons. The second-order valence-electron chi connectivity index (χ2n) is 6.65. The zero-order valence-electron chi connectivity index (χ0n) is 14.1. The highest BCUT2D eigenvalue weighted by Crippen LogP contribution is 2.26. The van der Waals surface area contributed by atoms with Crippen LogP contribution < -0.4 is 5.56 Å². The van der Waals surface area contributed by atoms with Crippen molar-refractivity contribution >= 4 is 11.6 Å². The molecule has 0 atom stereocenters. The molecule has 0 bridgehead atoms. The zero-order chi connectivity index (χ0) is 17.4. The van der Waals surface area contributed by atoms with Crippen LogP contribution in [0.1, 0.15) is 48.0 Å². The average Bonchev–Trinajstić information content (AvgIpc) is 2.55. The van der Waals surface area contributed by atoms with E-state index < -0.39 is 0 Å². The van der Waals surface area contributed by atoms with Gasteiger partial charge < -0.3 is 4.98 Å². The molecule has 24 heavy (non-hydrogen) atoms. The number of fused-ring (bicyclic) bond motifs is 1. The van der Waals surface area contributed by atoms with Gasteiger partial charge in [-0.1, -0.05) is 31.5 Å². The summed E-state index contributed by atoms with van der Waals surface area (Å²) in [6.45, 7) is 7.44. The van der Waals surface area contributed by atoms with Gasteiger partial charge in [0.2, 0.25) is 0 Å². The van der Waals surface area contributed by atoms with Crippen molar-refractivity contribution in [3.63, 3.8) is 0 Å². The normalized spacial score (nSPS) is 14.9. The van der Waals surface area contributed by atoms with E-state index in [2.05, 4.69) is 9.97 Å². The Bertz CT molecular complexity index is 832. The van der Waals surface area contributed by atoms with Crippen molar-refractivity contribution in [2.24, 2.45) is 0 Å². The highest BCUT2D eigenvalue weighted by molar-refractivity contribution is 6.32. The molecule has 0 spiro atoms. The fraction of sp³-hybridized carbons (Fsp3) is 0.444. The molecule has 4 nitrogen and oxygen atoms in total. The lowest BCUT2D eigenvalue weighted by atomic mass is 10.0. The molecule has 1 aliphatic rings. The predicted molar refractivity (Wildman–Crippen MR) is 92.9 cm³/mol. The summed E-state index contributed by atoms with van der Waals surface area (Å²) in [5, 5.41) is 0.461. The van der Waals surface area contributed by atoms with E-state index in [4.69, 9.17) is 11.6 Å². The summed E-state index contributed by atoms with van der Waals surface area (Å²) in [5.41, 5.74) is 2.78. The van der Waals surface area contributed by atoms with Crippen molar-refractivity contribution in [1.29, 1.82) is 0 Å². The van der Waals surface area contributed by atoms with E-state index in [9.17, 15) is 9.18 Å². The van der Waals surface area contributed by atoms with Gasteiger partial charge in [0.15, 0.2) is 0 Å². The molecule has 2 aromatic rings. The van der Waals surface area contributed by atoms with Crippen LogP contribution in [0.2, 0.25) is 5.02 Å². The Morgan fingerprint density at radius 1 is 1.42 bits per heavy atom. The number of nitrogens with one attached hydrogen (secondary N) is 1. The molecule has 1 aliphatic heterocycles. The Labute approximate surface area is 145 Å². The number of rotatable bonds is 3. The van der Waals surface area contributed by atoms with Crippen LogP contribution in [-0.4, -0.2) is 21.4 Å². The number of halogens is 2. The summed E-state index contributed by atoms with van der Waals surface area (Å²) in [4.78, 5) is 21.8. The second kappa shape index (κ2) is 6.65. The van der Waals surface area contributed by atoms with E-state index in [1.165, 1.54) is 6.07 Å². The van der Waals surface area contributed by atoms with E-state index in [1.54, 1.807) is 6.07 Å². The Balaban J connectivity index is 1.86. The number of hydrogen-bond acceptors (Lipinski definition) is 3. The number of aromatic nitrogens is 2. The van der Waals surface area contributed by atoms with Gasteiger partial charge in [-0.3, -0.25) is 9.69 Å². The topological polar surface area (TPSA) is 49.0 Å². The molecule has 128 valence electrons. The third kappa shape index (κ3) is 3.23. The van der Waals surface area contributed by atoms with Gasteiger partial charge in [-0.25, -0.2) is 9.37 Å². The molecule has 6 heteroatoms. The SMILES string of the molecule is Cc1ccc(F)c(CN2CCc3nc(C(C)C)[nH]c(=O)c3C2)c1Cl. The molecule has 0 unspecified atom stereocenters. The van der Waals surface area contributed by atoms with Crippen molar-refractivity contribution in [1.82, 2.24) is 14.9 Å². The molecular weight excluding hydrogens is 329 g/mol. The van der Waals surface area contributed by atoms with Crippen LogP contribution in [0.15, 0.2) is 16.9 Å². The van der Waals surface area contributed by atoms with E-state index in [-0.39, 0.29) is 17.3 Å². The Hall–Kier alpha value is -1.72. The van der Waals surface area contributed by atoms with Crippen molar-refractivity contribution in [2.45, 2.75) is 46.2 Å². The number of aryl methyl sites for hydroxylation is 1. The smallest absolute Gasteiger partial charge is 0.255 e.